The van der Waals surface area contributed by atoms with Gasteiger partial charge in [0.2, 0.25) is 0 Å². The molecule has 2 unspecified atom stereocenters. The van der Waals surface area contributed by atoms with Gasteiger partial charge in [0.25, 0.3) is 5.91 Å². The third-order valence-electron chi connectivity index (χ3n) is 3.37. The van der Waals surface area contributed by atoms with Gasteiger partial charge in [0.05, 0.1) is 11.8 Å². The Hall–Kier alpha value is -0.960. The monoisotopic (exact) mass is 255 g/mol. The molecular formula is C13H18ClNO2. The lowest BCUT2D eigenvalue weighted by Crippen LogP contribution is -2.32. The zero-order valence-corrected chi connectivity index (χ0v) is 10.8. The van der Waals surface area contributed by atoms with Crippen LogP contribution in [0.3, 0.4) is 0 Å². The molecule has 4 heteroatoms. The SMILES string of the molecule is Cc1occc1C(=O)NCC1CCCC(Cl)C1. The first kappa shape index (κ1) is 12.5. The first-order chi connectivity index (χ1) is 8.16. The van der Waals surface area contributed by atoms with Crippen molar-refractivity contribution in [2.24, 2.45) is 5.92 Å². The molecule has 0 saturated heterocycles. The molecule has 3 nitrogen and oxygen atoms in total. The molecule has 1 heterocycles. The molecule has 17 heavy (non-hydrogen) atoms. The molecule has 1 N–H and O–H groups in total. The van der Waals surface area contributed by atoms with Gasteiger partial charge in [-0.05, 0) is 38.2 Å². The molecule has 2 atom stereocenters. The Morgan fingerprint density at radius 2 is 2.41 bits per heavy atom. The second-order valence-electron chi connectivity index (χ2n) is 4.73. The molecule has 0 radical (unpaired) electrons. The number of carbonyl (C=O) groups excluding carboxylic acids is 1. The van der Waals surface area contributed by atoms with Crippen LogP contribution in [-0.4, -0.2) is 17.8 Å². The van der Waals surface area contributed by atoms with E-state index in [4.69, 9.17) is 16.0 Å². The Morgan fingerprint density at radius 1 is 1.59 bits per heavy atom. The number of hydrogen-bond donors (Lipinski definition) is 1. The predicted molar refractivity (Wildman–Crippen MR) is 67.4 cm³/mol. The molecule has 1 amide bonds. The Morgan fingerprint density at radius 3 is 3.06 bits per heavy atom. The average Bonchev–Trinajstić information content (AvgIpc) is 2.72. The fourth-order valence-electron chi connectivity index (χ4n) is 2.36. The highest BCUT2D eigenvalue weighted by Crippen LogP contribution is 2.27. The zero-order valence-electron chi connectivity index (χ0n) is 10.0. The maximum atomic E-state index is 11.8. The quantitative estimate of drug-likeness (QED) is 0.844. The lowest BCUT2D eigenvalue weighted by atomic mass is 9.89. The van der Waals surface area contributed by atoms with Crippen molar-refractivity contribution in [2.45, 2.75) is 38.0 Å². The van der Waals surface area contributed by atoms with Crippen molar-refractivity contribution in [2.75, 3.05) is 6.54 Å². The number of alkyl halides is 1. The normalized spacial score (nSPS) is 24.6. The van der Waals surface area contributed by atoms with Crippen molar-refractivity contribution >= 4 is 17.5 Å². The van der Waals surface area contributed by atoms with Gasteiger partial charge in [-0.1, -0.05) is 6.42 Å². The van der Waals surface area contributed by atoms with Crippen molar-refractivity contribution in [3.8, 4) is 0 Å². The molecular weight excluding hydrogens is 238 g/mol. The minimum atomic E-state index is -0.0482. The topological polar surface area (TPSA) is 42.2 Å². The minimum absolute atomic E-state index is 0.0482. The van der Waals surface area contributed by atoms with Crippen molar-refractivity contribution in [1.82, 2.24) is 5.32 Å². The number of furan rings is 1. The van der Waals surface area contributed by atoms with Gasteiger partial charge >= 0.3 is 0 Å². The van der Waals surface area contributed by atoms with Crippen LogP contribution >= 0.6 is 11.6 Å². The summed E-state index contributed by atoms with van der Waals surface area (Å²) >= 11 is 6.12. The van der Waals surface area contributed by atoms with E-state index in [-0.39, 0.29) is 11.3 Å². The maximum Gasteiger partial charge on any atom is 0.254 e. The summed E-state index contributed by atoms with van der Waals surface area (Å²) in [5.41, 5.74) is 0.628. The summed E-state index contributed by atoms with van der Waals surface area (Å²) < 4.78 is 5.11. The number of nitrogens with one attached hydrogen (secondary N) is 1. The van der Waals surface area contributed by atoms with Crippen molar-refractivity contribution in [3.05, 3.63) is 23.7 Å². The fourth-order valence-corrected chi connectivity index (χ4v) is 2.77. The Labute approximate surface area is 107 Å². The first-order valence-corrected chi connectivity index (χ1v) is 6.57. The number of aryl methyl sites for hydroxylation is 1. The highest BCUT2D eigenvalue weighted by molar-refractivity contribution is 6.20. The summed E-state index contributed by atoms with van der Waals surface area (Å²) in [7, 11) is 0. The van der Waals surface area contributed by atoms with Crippen LogP contribution in [-0.2, 0) is 0 Å². The summed E-state index contributed by atoms with van der Waals surface area (Å²) in [6, 6.07) is 1.70. The van der Waals surface area contributed by atoms with Crippen LogP contribution in [0.25, 0.3) is 0 Å². The summed E-state index contributed by atoms with van der Waals surface area (Å²) in [6.45, 7) is 2.51. The van der Waals surface area contributed by atoms with E-state index in [9.17, 15) is 4.79 Å². The molecule has 2 rings (SSSR count). The van der Waals surface area contributed by atoms with Crippen LogP contribution in [0.4, 0.5) is 0 Å². The third-order valence-corrected chi connectivity index (χ3v) is 3.77. The van der Waals surface area contributed by atoms with Gasteiger partial charge in [0, 0.05) is 11.9 Å². The van der Waals surface area contributed by atoms with Crippen LogP contribution < -0.4 is 5.32 Å². The number of rotatable bonds is 3. The van der Waals surface area contributed by atoms with Crippen molar-refractivity contribution in [3.63, 3.8) is 0 Å². The van der Waals surface area contributed by atoms with E-state index in [1.54, 1.807) is 19.3 Å². The van der Waals surface area contributed by atoms with E-state index >= 15 is 0 Å². The zero-order chi connectivity index (χ0) is 12.3. The molecule has 0 aliphatic heterocycles. The summed E-state index contributed by atoms with van der Waals surface area (Å²) in [5.74, 6) is 1.14. The largest absolute Gasteiger partial charge is 0.469 e. The number of halogens is 1. The number of hydrogen-bond acceptors (Lipinski definition) is 2. The number of amides is 1. The molecule has 1 aliphatic rings. The molecule has 1 fully saturated rings. The molecule has 94 valence electrons. The van der Waals surface area contributed by atoms with E-state index in [1.807, 2.05) is 0 Å². The van der Waals surface area contributed by atoms with Gasteiger partial charge in [-0.25, -0.2) is 0 Å². The van der Waals surface area contributed by atoms with Gasteiger partial charge in [0.15, 0.2) is 0 Å². The van der Waals surface area contributed by atoms with Crippen LogP contribution in [0.15, 0.2) is 16.7 Å². The lowest BCUT2D eigenvalue weighted by molar-refractivity contribution is 0.0942. The molecule has 1 aromatic heterocycles. The minimum Gasteiger partial charge on any atom is -0.469 e. The van der Waals surface area contributed by atoms with Crippen molar-refractivity contribution in [1.29, 1.82) is 0 Å². The molecule has 1 aliphatic carbocycles. The van der Waals surface area contributed by atoms with Gasteiger partial charge in [-0.2, -0.15) is 0 Å². The van der Waals surface area contributed by atoms with Crippen LogP contribution in [0.1, 0.15) is 41.8 Å². The molecule has 0 aromatic carbocycles. The van der Waals surface area contributed by atoms with E-state index in [0.717, 1.165) is 19.3 Å². The summed E-state index contributed by atoms with van der Waals surface area (Å²) in [4.78, 5) is 11.8. The third kappa shape index (κ3) is 3.25. The Kier molecular flexibility index (Phi) is 4.11. The second-order valence-corrected chi connectivity index (χ2v) is 5.35. The predicted octanol–water partition coefficient (Wildman–Crippen LogP) is 3.12. The summed E-state index contributed by atoms with van der Waals surface area (Å²) in [5, 5.41) is 3.24. The highest BCUT2D eigenvalue weighted by Gasteiger charge is 2.21. The molecule has 0 spiro atoms. The van der Waals surface area contributed by atoms with Crippen LogP contribution in [0.5, 0.6) is 0 Å². The van der Waals surface area contributed by atoms with E-state index in [2.05, 4.69) is 5.32 Å². The van der Waals surface area contributed by atoms with E-state index in [1.165, 1.54) is 6.42 Å². The average molecular weight is 256 g/mol. The van der Waals surface area contributed by atoms with Crippen LogP contribution in [0.2, 0.25) is 0 Å². The smallest absolute Gasteiger partial charge is 0.254 e. The van der Waals surface area contributed by atoms with Gasteiger partial charge in [0.1, 0.15) is 5.76 Å². The standard InChI is InChI=1S/C13H18ClNO2/c1-9-12(5-6-17-9)13(16)15-8-10-3-2-4-11(14)7-10/h5-6,10-11H,2-4,7-8H2,1H3,(H,15,16). The highest BCUT2D eigenvalue weighted by atomic mass is 35.5. The molecule has 0 bridgehead atoms. The van der Waals surface area contributed by atoms with Crippen LogP contribution in [0, 0.1) is 12.8 Å². The van der Waals surface area contributed by atoms with Gasteiger partial charge in [-0.3, -0.25) is 4.79 Å². The van der Waals surface area contributed by atoms with Gasteiger partial charge in [-0.15, -0.1) is 11.6 Å². The van der Waals surface area contributed by atoms with Crippen molar-refractivity contribution < 1.29 is 9.21 Å². The number of carbonyl (C=O) groups is 1. The first-order valence-electron chi connectivity index (χ1n) is 6.13. The molecule has 1 aromatic rings. The second kappa shape index (κ2) is 5.58. The lowest BCUT2D eigenvalue weighted by Gasteiger charge is -2.25. The Balaban J connectivity index is 1.82. The Bertz CT molecular complexity index is 389. The maximum absolute atomic E-state index is 11.8. The molecule has 1 saturated carbocycles. The summed E-state index contributed by atoms with van der Waals surface area (Å²) in [6.07, 6.45) is 5.98. The fraction of sp³-hybridized carbons (Fsp3) is 0.615. The van der Waals surface area contributed by atoms with Gasteiger partial charge < -0.3 is 9.73 Å². The van der Waals surface area contributed by atoms with E-state index < -0.39 is 0 Å². The van der Waals surface area contributed by atoms with E-state index in [0.29, 0.717) is 23.8 Å².